The molecule has 2 fully saturated rings. The van der Waals surface area contributed by atoms with Gasteiger partial charge >= 0.3 is 0 Å². The number of rotatable bonds is 6. The van der Waals surface area contributed by atoms with Crippen LogP contribution in [0.15, 0.2) is 36.8 Å². The third-order valence-electron chi connectivity index (χ3n) is 6.50. The van der Waals surface area contributed by atoms with Crippen LogP contribution in [0.4, 0.5) is 0 Å². The van der Waals surface area contributed by atoms with E-state index in [1.165, 1.54) is 56.2 Å². The minimum absolute atomic E-state index is 0.124. The molecular weight excluding hydrogens is 322 g/mol. The molecular formula is C22H31N3O. The molecule has 4 nitrogen and oxygen atoms in total. The molecule has 1 saturated carbocycles. The van der Waals surface area contributed by atoms with Gasteiger partial charge in [0.05, 0.1) is 11.8 Å². The Labute approximate surface area is 157 Å². The summed E-state index contributed by atoms with van der Waals surface area (Å²) in [4.78, 5) is 4.80. The molecule has 140 valence electrons. The van der Waals surface area contributed by atoms with E-state index in [-0.39, 0.29) is 11.0 Å². The Morgan fingerprint density at radius 2 is 2.04 bits per heavy atom. The van der Waals surface area contributed by atoms with Crippen LogP contribution in [0.2, 0.25) is 0 Å². The SMILES string of the molecule is Cn1cc(CCCCC2(c3ccccn3)CCOC3(CCCC3)C2)cn1. The highest BCUT2D eigenvalue weighted by atomic mass is 16.5. The van der Waals surface area contributed by atoms with Gasteiger partial charge < -0.3 is 4.74 Å². The second-order valence-electron chi connectivity index (χ2n) is 8.39. The monoisotopic (exact) mass is 353 g/mol. The van der Waals surface area contributed by atoms with E-state index >= 15 is 0 Å². The molecule has 1 unspecified atom stereocenters. The second-order valence-corrected chi connectivity index (χ2v) is 8.39. The number of hydrogen-bond donors (Lipinski definition) is 0. The number of pyridine rings is 1. The molecule has 2 aromatic rings. The summed E-state index contributed by atoms with van der Waals surface area (Å²) < 4.78 is 8.24. The maximum Gasteiger partial charge on any atom is 0.0691 e. The predicted octanol–water partition coefficient (Wildman–Crippen LogP) is 4.59. The maximum atomic E-state index is 6.34. The van der Waals surface area contributed by atoms with Crippen molar-refractivity contribution in [2.24, 2.45) is 7.05 Å². The van der Waals surface area contributed by atoms with E-state index in [2.05, 4.69) is 23.4 Å². The van der Waals surface area contributed by atoms with Crippen molar-refractivity contribution in [3.05, 3.63) is 48.0 Å². The standard InChI is InChI=1S/C22H31N3O/c1-25-17-19(16-24-25)8-2-4-10-21(20-9-3-7-14-23-20)13-15-26-22(18-21)11-5-6-12-22/h3,7,9,14,16-17H,2,4-6,8,10-13,15,18H2,1H3. The lowest BCUT2D eigenvalue weighted by Gasteiger charge is -2.46. The Balaban J connectivity index is 1.46. The number of unbranched alkanes of at least 4 members (excludes halogenated alkanes) is 1. The Bertz CT molecular complexity index is 705. The first kappa shape index (κ1) is 17.7. The van der Waals surface area contributed by atoms with E-state index < -0.39 is 0 Å². The van der Waals surface area contributed by atoms with Gasteiger partial charge in [0.1, 0.15) is 0 Å². The maximum absolute atomic E-state index is 6.34. The Morgan fingerprint density at radius 3 is 2.77 bits per heavy atom. The largest absolute Gasteiger partial charge is 0.375 e. The Kier molecular flexibility index (Phi) is 5.12. The van der Waals surface area contributed by atoms with E-state index in [1.54, 1.807) is 0 Å². The van der Waals surface area contributed by atoms with Crippen LogP contribution in [-0.2, 0) is 23.6 Å². The van der Waals surface area contributed by atoms with E-state index in [0.29, 0.717) is 0 Å². The highest BCUT2D eigenvalue weighted by molar-refractivity contribution is 5.20. The predicted molar refractivity (Wildman–Crippen MR) is 103 cm³/mol. The molecule has 4 heteroatoms. The van der Waals surface area contributed by atoms with Crippen LogP contribution in [0.25, 0.3) is 0 Å². The van der Waals surface area contributed by atoms with Crippen LogP contribution in [0, 0.1) is 0 Å². The average Bonchev–Trinajstić information content (AvgIpc) is 3.29. The number of ether oxygens (including phenoxy) is 1. The van der Waals surface area contributed by atoms with E-state index in [4.69, 9.17) is 9.72 Å². The van der Waals surface area contributed by atoms with Crippen LogP contribution >= 0.6 is 0 Å². The lowest BCUT2D eigenvalue weighted by molar-refractivity contribution is -0.104. The zero-order valence-electron chi connectivity index (χ0n) is 16.0. The Morgan fingerprint density at radius 1 is 1.15 bits per heavy atom. The second kappa shape index (κ2) is 7.51. The van der Waals surface area contributed by atoms with Gasteiger partial charge in [0.2, 0.25) is 0 Å². The van der Waals surface area contributed by atoms with Crippen LogP contribution in [0.5, 0.6) is 0 Å². The molecule has 0 radical (unpaired) electrons. The van der Waals surface area contributed by atoms with Gasteiger partial charge in [-0.05, 0) is 62.6 Å². The average molecular weight is 354 g/mol. The van der Waals surface area contributed by atoms with Crippen molar-refractivity contribution < 1.29 is 4.74 Å². The molecule has 2 aromatic heterocycles. The molecule has 26 heavy (non-hydrogen) atoms. The summed E-state index contributed by atoms with van der Waals surface area (Å²) in [6.45, 7) is 0.888. The van der Waals surface area contributed by atoms with Gasteiger partial charge in [-0.2, -0.15) is 5.10 Å². The first-order valence-electron chi connectivity index (χ1n) is 10.2. The molecule has 1 aliphatic carbocycles. The fourth-order valence-electron chi connectivity index (χ4n) is 5.19. The third kappa shape index (κ3) is 3.71. The highest BCUT2D eigenvalue weighted by Crippen LogP contribution is 2.50. The van der Waals surface area contributed by atoms with Crippen LogP contribution < -0.4 is 0 Å². The zero-order chi connectivity index (χ0) is 17.9. The van der Waals surface area contributed by atoms with Crippen molar-refractivity contribution >= 4 is 0 Å². The van der Waals surface area contributed by atoms with E-state index in [9.17, 15) is 0 Å². The molecule has 0 bridgehead atoms. The van der Waals surface area contributed by atoms with Gasteiger partial charge in [0, 0.05) is 37.2 Å². The van der Waals surface area contributed by atoms with Crippen molar-refractivity contribution in [1.82, 2.24) is 14.8 Å². The lowest BCUT2D eigenvalue weighted by atomic mass is 9.67. The van der Waals surface area contributed by atoms with Crippen molar-refractivity contribution in [2.75, 3.05) is 6.61 Å². The van der Waals surface area contributed by atoms with Crippen LogP contribution in [0.1, 0.15) is 69.0 Å². The van der Waals surface area contributed by atoms with Crippen LogP contribution in [-0.4, -0.2) is 27.0 Å². The van der Waals surface area contributed by atoms with E-state index in [0.717, 1.165) is 25.9 Å². The van der Waals surface area contributed by atoms with Gasteiger partial charge in [-0.1, -0.05) is 25.3 Å². The van der Waals surface area contributed by atoms with E-state index in [1.807, 2.05) is 30.2 Å². The van der Waals surface area contributed by atoms with Crippen molar-refractivity contribution in [3.8, 4) is 0 Å². The van der Waals surface area contributed by atoms with Crippen LogP contribution in [0.3, 0.4) is 0 Å². The van der Waals surface area contributed by atoms with Crippen molar-refractivity contribution in [2.45, 2.75) is 75.2 Å². The third-order valence-corrected chi connectivity index (χ3v) is 6.50. The fraction of sp³-hybridized carbons (Fsp3) is 0.636. The summed E-state index contributed by atoms with van der Waals surface area (Å²) in [5, 5.41) is 4.28. The summed E-state index contributed by atoms with van der Waals surface area (Å²) in [7, 11) is 1.99. The minimum Gasteiger partial charge on any atom is -0.375 e. The zero-order valence-corrected chi connectivity index (χ0v) is 16.0. The summed E-state index contributed by atoms with van der Waals surface area (Å²) in [6, 6.07) is 6.43. The quantitative estimate of drug-likeness (QED) is 0.713. The summed E-state index contributed by atoms with van der Waals surface area (Å²) in [5.41, 5.74) is 2.95. The molecule has 0 N–H and O–H groups in total. The molecule has 1 saturated heterocycles. The van der Waals surface area contributed by atoms with Gasteiger partial charge in [-0.15, -0.1) is 0 Å². The highest BCUT2D eigenvalue weighted by Gasteiger charge is 2.48. The number of aromatic nitrogens is 3. The molecule has 3 heterocycles. The van der Waals surface area contributed by atoms with Gasteiger partial charge in [-0.25, -0.2) is 0 Å². The van der Waals surface area contributed by atoms with Gasteiger partial charge in [0.25, 0.3) is 0 Å². The molecule has 1 aliphatic heterocycles. The molecule has 1 atom stereocenters. The van der Waals surface area contributed by atoms with Crippen molar-refractivity contribution in [1.29, 1.82) is 0 Å². The molecule has 4 rings (SSSR count). The van der Waals surface area contributed by atoms with Gasteiger partial charge in [-0.3, -0.25) is 9.67 Å². The summed E-state index contributed by atoms with van der Waals surface area (Å²) in [5.74, 6) is 0. The smallest absolute Gasteiger partial charge is 0.0691 e. The summed E-state index contributed by atoms with van der Waals surface area (Å²) in [6.07, 6.45) is 18.3. The van der Waals surface area contributed by atoms with Gasteiger partial charge in [0.15, 0.2) is 0 Å². The molecule has 0 aromatic carbocycles. The number of nitrogens with zero attached hydrogens (tertiary/aromatic N) is 3. The number of hydrogen-bond acceptors (Lipinski definition) is 3. The topological polar surface area (TPSA) is 39.9 Å². The molecule has 0 amide bonds. The molecule has 1 spiro atoms. The minimum atomic E-state index is 0.124. The lowest BCUT2D eigenvalue weighted by Crippen LogP contribution is -2.46. The Hall–Kier alpha value is -1.68. The fourth-order valence-corrected chi connectivity index (χ4v) is 5.19. The number of aryl methyl sites for hydroxylation is 2. The first-order valence-corrected chi connectivity index (χ1v) is 10.2. The first-order chi connectivity index (χ1) is 12.7. The normalized spacial score (nSPS) is 25.0. The summed E-state index contributed by atoms with van der Waals surface area (Å²) >= 11 is 0. The van der Waals surface area contributed by atoms with Crippen molar-refractivity contribution in [3.63, 3.8) is 0 Å². The molecule has 2 aliphatic rings.